The minimum atomic E-state index is -3.34. The number of nitrogens with zero attached hydrogens (tertiary/aromatic N) is 2. The van der Waals surface area contributed by atoms with E-state index in [2.05, 4.69) is 6.07 Å². The molecule has 2 atom stereocenters. The maximum atomic E-state index is 12.9. The Morgan fingerprint density at radius 2 is 2.10 bits per heavy atom. The molecule has 2 aliphatic heterocycles. The predicted molar refractivity (Wildman–Crippen MR) is 78.9 cm³/mol. The van der Waals surface area contributed by atoms with Crippen LogP contribution < -0.4 is 0 Å². The number of sulfonamides is 1. The zero-order valence-electron chi connectivity index (χ0n) is 12.8. The van der Waals surface area contributed by atoms with E-state index >= 15 is 0 Å². The van der Waals surface area contributed by atoms with Gasteiger partial charge in [0.05, 0.1) is 31.1 Å². The Morgan fingerprint density at radius 1 is 1.38 bits per heavy atom. The zero-order chi connectivity index (χ0) is 15.3. The van der Waals surface area contributed by atoms with Gasteiger partial charge in [0.1, 0.15) is 0 Å². The standard InChI is InChI=1S/C15H24N2O3S/c1-14(2,6-7-16)11-21(18,19)17-10-15(4-3-5-15)12-8-20-9-13(12)17/h12-13H,3-6,8-11H2,1-2H3. The van der Waals surface area contributed by atoms with Crippen LogP contribution in [0.3, 0.4) is 0 Å². The second-order valence-electron chi connectivity index (χ2n) is 7.73. The van der Waals surface area contributed by atoms with Crippen molar-refractivity contribution in [2.75, 3.05) is 25.5 Å². The van der Waals surface area contributed by atoms with E-state index in [1.807, 2.05) is 13.8 Å². The molecule has 21 heavy (non-hydrogen) atoms. The van der Waals surface area contributed by atoms with Crippen LogP contribution in [0.15, 0.2) is 0 Å². The Labute approximate surface area is 127 Å². The lowest BCUT2D eigenvalue weighted by Gasteiger charge is -2.42. The van der Waals surface area contributed by atoms with E-state index in [1.165, 1.54) is 6.42 Å². The first kappa shape index (κ1) is 15.3. The molecule has 3 aliphatic rings. The van der Waals surface area contributed by atoms with E-state index in [0.717, 1.165) is 12.8 Å². The molecule has 2 unspecified atom stereocenters. The SMILES string of the molecule is CC(C)(CC#N)CS(=O)(=O)N1CC2(CCC2)C2COCC21. The van der Waals surface area contributed by atoms with Crippen molar-refractivity contribution in [1.29, 1.82) is 5.26 Å². The van der Waals surface area contributed by atoms with E-state index in [1.54, 1.807) is 4.31 Å². The Balaban J connectivity index is 1.81. The molecular weight excluding hydrogens is 288 g/mol. The molecule has 3 rings (SSSR count). The van der Waals surface area contributed by atoms with Crippen molar-refractivity contribution in [3.63, 3.8) is 0 Å². The van der Waals surface area contributed by atoms with Gasteiger partial charge in [0.25, 0.3) is 0 Å². The molecule has 1 saturated carbocycles. The number of hydrogen-bond acceptors (Lipinski definition) is 4. The average Bonchev–Trinajstić information content (AvgIpc) is 2.83. The van der Waals surface area contributed by atoms with E-state index in [-0.39, 0.29) is 23.6 Å². The van der Waals surface area contributed by atoms with Gasteiger partial charge in [-0.05, 0) is 23.7 Å². The Morgan fingerprint density at radius 3 is 2.67 bits per heavy atom. The van der Waals surface area contributed by atoms with Crippen molar-refractivity contribution >= 4 is 10.0 Å². The Hall–Kier alpha value is -0.640. The molecule has 0 aromatic rings. The van der Waals surface area contributed by atoms with Gasteiger partial charge in [0, 0.05) is 18.9 Å². The van der Waals surface area contributed by atoms with Crippen LogP contribution in [0.25, 0.3) is 0 Å². The minimum absolute atomic E-state index is 0.0215. The third-order valence-corrected chi connectivity index (χ3v) is 7.78. The molecule has 0 amide bonds. The lowest BCUT2D eigenvalue weighted by atomic mass is 9.62. The molecule has 0 N–H and O–H groups in total. The van der Waals surface area contributed by atoms with Crippen LogP contribution in [-0.4, -0.2) is 44.3 Å². The fourth-order valence-corrected chi connectivity index (χ4v) is 6.59. The van der Waals surface area contributed by atoms with Gasteiger partial charge in [-0.3, -0.25) is 0 Å². The van der Waals surface area contributed by atoms with Gasteiger partial charge in [-0.15, -0.1) is 0 Å². The average molecular weight is 312 g/mol. The summed E-state index contributed by atoms with van der Waals surface area (Å²) in [6.45, 7) is 5.61. The van der Waals surface area contributed by atoms with Crippen LogP contribution in [0.4, 0.5) is 0 Å². The molecule has 2 saturated heterocycles. The Kier molecular flexibility index (Phi) is 3.59. The van der Waals surface area contributed by atoms with Crippen molar-refractivity contribution in [2.24, 2.45) is 16.7 Å². The van der Waals surface area contributed by atoms with Crippen molar-refractivity contribution < 1.29 is 13.2 Å². The fraction of sp³-hybridized carbons (Fsp3) is 0.933. The molecule has 0 aromatic heterocycles. The number of ether oxygens (including phenoxy) is 1. The van der Waals surface area contributed by atoms with Crippen molar-refractivity contribution in [3.05, 3.63) is 0 Å². The highest BCUT2D eigenvalue weighted by molar-refractivity contribution is 7.89. The van der Waals surface area contributed by atoms with Crippen molar-refractivity contribution in [1.82, 2.24) is 4.31 Å². The predicted octanol–water partition coefficient (Wildman–Crippen LogP) is 1.76. The highest BCUT2D eigenvalue weighted by Crippen LogP contribution is 2.56. The summed E-state index contributed by atoms with van der Waals surface area (Å²) in [7, 11) is -3.34. The summed E-state index contributed by atoms with van der Waals surface area (Å²) in [5.74, 6) is 0.424. The highest BCUT2D eigenvalue weighted by Gasteiger charge is 2.60. The lowest BCUT2D eigenvalue weighted by molar-refractivity contribution is 0.0600. The molecule has 2 heterocycles. The molecule has 5 nitrogen and oxygen atoms in total. The van der Waals surface area contributed by atoms with Gasteiger partial charge in [-0.2, -0.15) is 9.57 Å². The molecule has 0 bridgehead atoms. The number of fused-ring (bicyclic) bond motifs is 2. The highest BCUT2D eigenvalue weighted by atomic mass is 32.2. The maximum Gasteiger partial charge on any atom is 0.215 e. The van der Waals surface area contributed by atoms with Gasteiger partial charge in [0.2, 0.25) is 10.0 Å². The van der Waals surface area contributed by atoms with E-state index < -0.39 is 15.4 Å². The van der Waals surface area contributed by atoms with Gasteiger partial charge in [-0.1, -0.05) is 20.3 Å². The van der Waals surface area contributed by atoms with Gasteiger partial charge < -0.3 is 4.74 Å². The third-order valence-electron chi connectivity index (χ3n) is 5.52. The molecule has 0 aromatic carbocycles. The normalized spacial score (nSPS) is 31.9. The van der Waals surface area contributed by atoms with Crippen LogP contribution >= 0.6 is 0 Å². The minimum Gasteiger partial charge on any atom is -0.379 e. The first-order valence-corrected chi connectivity index (χ1v) is 9.35. The van der Waals surface area contributed by atoms with Crippen LogP contribution in [0.1, 0.15) is 39.5 Å². The number of rotatable bonds is 4. The summed E-state index contributed by atoms with van der Waals surface area (Å²) in [6.07, 6.45) is 3.73. The van der Waals surface area contributed by atoms with Crippen LogP contribution in [-0.2, 0) is 14.8 Å². The summed E-state index contributed by atoms with van der Waals surface area (Å²) < 4.78 is 33.0. The molecule has 3 fully saturated rings. The topological polar surface area (TPSA) is 70.4 Å². The largest absolute Gasteiger partial charge is 0.379 e. The second-order valence-corrected chi connectivity index (χ2v) is 9.65. The first-order valence-electron chi connectivity index (χ1n) is 7.74. The van der Waals surface area contributed by atoms with E-state index in [9.17, 15) is 8.42 Å². The smallest absolute Gasteiger partial charge is 0.215 e. The molecular formula is C15H24N2O3S. The van der Waals surface area contributed by atoms with Crippen LogP contribution in [0, 0.1) is 28.1 Å². The third kappa shape index (κ3) is 2.49. The molecule has 1 aliphatic carbocycles. The summed E-state index contributed by atoms with van der Waals surface area (Å²) in [5, 5.41) is 8.87. The second kappa shape index (κ2) is 4.94. The van der Waals surface area contributed by atoms with Crippen LogP contribution in [0.5, 0.6) is 0 Å². The van der Waals surface area contributed by atoms with Crippen molar-refractivity contribution in [3.8, 4) is 6.07 Å². The zero-order valence-corrected chi connectivity index (χ0v) is 13.7. The van der Waals surface area contributed by atoms with Crippen LogP contribution in [0.2, 0.25) is 0 Å². The quantitative estimate of drug-likeness (QED) is 0.793. The Bertz CT molecular complexity index is 560. The monoisotopic (exact) mass is 312 g/mol. The number of hydrogen-bond donors (Lipinski definition) is 0. The maximum absolute atomic E-state index is 12.9. The lowest BCUT2D eigenvalue weighted by Crippen LogP contribution is -2.43. The van der Waals surface area contributed by atoms with Gasteiger partial charge in [-0.25, -0.2) is 8.42 Å². The molecule has 6 heteroatoms. The van der Waals surface area contributed by atoms with E-state index in [0.29, 0.717) is 25.7 Å². The summed E-state index contributed by atoms with van der Waals surface area (Å²) in [4.78, 5) is 0. The first-order chi connectivity index (χ1) is 9.80. The van der Waals surface area contributed by atoms with Gasteiger partial charge >= 0.3 is 0 Å². The molecule has 0 radical (unpaired) electrons. The fourth-order valence-electron chi connectivity index (χ4n) is 4.26. The molecule has 118 valence electrons. The summed E-state index contributed by atoms with van der Waals surface area (Å²) in [6, 6.07) is 2.12. The van der Waals surface area contributed by atoms with Crippen molar-refractivity contribution in [2.45, 2.75) is 45.6 Å². The number of nitriles is 1. The van der Waals surface area contributed by atoms with Gasteiger partial charge in [0.15, 0.2) is 0 Å². The molecule has 1 spiro atoms. The summed E-state index contributed by atoms with van der Waals surface area (Å²) in [5.41, 5.74) is -0.328. The summed E-state index contributed by atoms with van der Waals surface area (Å²) >= 11 is 0. The van der Waals surface area contributed by atoms with E-state index in [4.69, 9.17) is 10.00 Å².